The number of hydrogen-bond acceptors (Lipinski definition) is 2. The van der Waals surface area contributed by atoms with Crippen molar-refractivity contribution in [3.05, 3.63) is 42.5 Å². The predicted octanol–water partition coefficient (Wildman–Crippen LogP) is 2.38. The lowest BCUT2D eigenvalue weighted by atomic mass is 10.1. The zero-order valence-corrected chi connectivity index (χ0v) is 12.2. The topological polar surface area (TPSA) is 49.4 Å². The van der Waals surface area contributed by atoms with E-state index in [-0.39, 0.29) is 6.42 Å². The van der Waals surface area contributed by atoms with Crippen LogP contribution in [0.3, 0.4) is 0 Å². The second-order valence-corrected chi connectivity index (χ2v) is 4.60. The molecule has 1 N–H and O–H groups in total. The van der Waals surface area contributed by atoms with Crippen molar-refractivity contribution in [2.24, 2.45) is 0 Å². The Morgan fingerprint density at radius 1 is 1.35 bits per heavy atom. The number of hydrogen-bond donors (Lipinski definition) is 1. The molecule has 0 atom stereocenters. The lowest BCUT2D eigenvalue weighted by Gasteiger charge is -2.22. The minimum absolute atomic E-state index is 0.314. The lowest BCUT2D eigenvalue weighted by Crippen LogP contribution is -2.40. The fourth-order valence-corrected chi connectivity index (χ4v) is 1.81. The van der Waals surface area contributed by atoms with Crippen molar-refractivity contribution in [3.63, 3.8) is 0 Å². The predicted molar refractivity (Wildman–Crippen MR) is 80.4 cm³/mol. The highest BCUT2D eigenvalue weighted by atomic mass is 19.4. The molecule has 7 heteroatoms. The summed E-state index contributed by atoms with van der Waals surface area (Å²) >= 11 is 0. The Hall–Kier alpha value is -2.75. The molecule has 0 saturated heterocycles. The number of carbonyl (C=O) groups excluding carboxylic acids is 2. The largest absolute Gasteiger partial charge is 0.406 e. The van der Waals surface area contributed by atoms with Crippen molar-refractivity contribution in [1.82, 2.24) is 4.90 Å². The maximum atomic E-state index is 12.5. The van der Waals surface area contributed by atoms with Crippen LogP contribution in [0.25, 0.3) is 0 Å². The molecule has 1 aromatic carbocycles. The second-order valence-electron chi connectivity index (χ2n) is 4.60. The molecule has 4 nitrogen and oxygen atoms in total. The molecule has 1 aromatic rings. The minimum atomic E-state index is -4.54. The zero-order valence-electron chi connectivity index (χ0n) is 12.2. The van der Waals surface area contributed by atoms with Gasteiger partial charge in [-0.15, -0.1) is 6.42 Å². The van der Waals surface area contributed by atoms with Crippen molar-refractivity contribution < 1.29 is 22.8 Å². The Balaban J connectivity index is 2.92. The van der Waals surface area contributed by atoms with Gasteiger partial charge in [0, 0.05) is 5.69 Å². The summed E-state index contributed by atoms with van der Waals surface area (Å²) in [7, 11) is 0. The molecule has 1 rings (SSSR count). The van der Waals surface area contributed by atoms with Gasteiger partial charge in [0.15, 0.2) is 0 Å². The average Bonchev–Trinajstić information content (AvgIpc) is 2.47. The number of nitrogens with one attached hydrogen (secondary N) is 1. The number of amides is 2. The highest BCUT2D eigenvalue weighted by Gasteiger charge is 2.32. The number of para-hydroxylation sites is 1. The van der Waals surface area contributed by atoms with E-state index in [1.165, 1.54) is 6.07 Å². The minimum Gasteiger partial charge on any atom is -0.322 e. The first-order valence-corrected chi connectivity index (χ1v) is 6.56. The molecule has 0 fully saturated rings. The molecule has 0 radical (unpaired) electrons. The molecule has 122 valence electrons. The Labute approximate surface area is 132 Å². The summed E-state index contributed by atoms with van der Waals surface area (Å²) in [4.78, 5) is 24.0. The van der Waals surface area contributed by atoms with E-state index < -0.39 is 31.1 Å². The molecule has 0 saturated carbocycles. The summed E-state index contributed by atoms with van der Waals surface area (Å²) in [5, 5.41) is 2.49. The number of anilines is 1. The van der Waals surface area contributed by atoms with E-state index in [0.29, 0.717) is 16.2 Å². The van der Waals surface area contributed by atoms with Crippen LogP contribution in [-0.4, -0.2) is 36.0 Å². The van der Waals surface area contributed by atoms with Crippen LogP contribution >= 0.6 is 0 Å². The van der Waals surface area contributed by atoms with Gasteiger partial charge in [-0.05, 0) is 17.7 Å². The molecule has 0 unspecified atom stereocenters. The van der Waals surface area contributed by atoms with Crippen LogP contribution in [0.5, 0.6) is 0 Å². The Kier molecular flexibility index (Phi) is 6.39. The summed E-state index contributed by atoms with van der Waals surface area (Å²) in [5.41, 5.74) is 0.718. The number of nitrogens with zero attached hydrogens (tertiary/aromatic N) is 1. The van der Waals surface area contributed by atoms with Crippen LogP contribution in [0, 0.1) is 12.3 Å². The molecule has 0 aliphatic rings. The maximum Gasteiger partial charge on any atom is 0.406 e. The van der Waals surface area contributed by atoms with Crippen LogP contribution < -0.4 is 5.32 Å². The SMILES string of the molecule is C#CCN(CC(F)(F)F)C(=O)Cc1ccccc1NC(=O)C=C. The van der Waals surface area contributed by atoms with Crippen LogP contribution in [0.15, 0.2) is 36.9 Å². The average molecular weight is 324 g/mol. The van der Waals surface area contributed by atoms with Crippen molar-refractivity contribution in [2.45, 2.75) is 12.6 Å². The molecular weight excluding hydrogens is 309 g/mol. The van der Waals surface area contributed by atoms with Gasteiger partial charge in [-0.2, -0.15) is 13.2 Å². The number of benzene rings is 1. The Morgan fingerprint density at radius 3 is 2.57 bits per heavy atom. The van der Waals surface area contributed by atoms with E-state index in [1.54, 1.807) is 18.2 Å². The highest BCUT2D eigenvalue weighted by molar-refractivity contribution is 5.99. The zero-order chi connectivity index (χ0) is 17.5. The molecule has 23 heavy (non-hydrogen) atoms. The third kappa shape index (κ3) is 6.26. The lowest BCUT2D eigenvalue weighted by molar-refractivity contribution is -0.159. The van der Waals surface area contributed by atoms with Gasteiger partial charge in [0.2, 0.25) is 11.8 Å². The van der Waals surface area contributed by atoms with Gasteiger partial charge in [-0.25, -0.2) is 0 Å². The van der Waals surface area contributed by atoms with E-state index in [2.05, 4.69) is 11.9 Å². The standard InChI is InChI=1S/C16H15F3N2O2/c1-3-9-21(11-16(17,18)19)15(23)10-12-7-5-6-8-13(12)20-14(22)4-2/h1,4-8H,2,9-11H2,(H,20,22). The van der Waals surface area contributed by atoms with Gasteiger partial charge in [0.1, 0.15) is 6.54 Å². The van der Waals surface area contributed by atoms with Crippen LogP contribution in [0.1, 0.15) is 5.56 Å². The van der Waals surface area contributed by atoms with Crippen LogP contribution in [-0.2, 0) is 16.0 Å². The molecule has 0 aliphatic heterocycles. The van der Waals surface area contributed by atoms with Crippen molar-refractivity contribution in [3.8, 4) is 12.3 Å². The molecular formula is C16H15F3N2O2. The smallest absolute Gasteiger partial charge is 0.322 e. The fraction of sp³-hybridized carbons (Fsp3) is 0.250. The molecule has 2 amide bonds. The van der Waals surface area contributed by atoms with E-state index in [1.807, 2.05) is 5.92 Å². The van der Waals surface area contributed by atoms with Gasteiger partial charge in [0.25, 0.3) is 0 Å². The number of halogens is 3. The number of terminal acetylenes is 1. The summed E-state index contributed by atoms with van der Waals surface area (Å²) in [5.74, 6) is 0.772. The monoisotopic (exact) mass is 324 g/mol. The van der Waals surface area contributed by atoms with E-state index in [9.17, 15) is 22.8 Å². The third-order valence-corrected chi connectivity index (χ3v) is 2.81. The van der Waals surface area contributed by atoms with Gasteiger partial charge >= 0.3 is 6.18 Å². The summed E-state index contributed by atoms with van der Waals surface area (Å²) in [6, 6.07) is 6.32. The number of rotatable bonds is 6. The maximum absolute atomic E-state index is 12.5. The molecule has 0 aliphatic carbocycles. The number of alkyl halides is 3. The van der Waals surface area contributed by atoms with Gasteiger partial charge in [-0.1, -0.05) is 30.7 Å². The molecule has 0 bridgehead atoms. The quantitative estimate of drug-likeness (QED) is 0.645. The number of carbonyl (C=O) groups is 2. The van der Waals surface area contributed by atoms with Gasteiger partial charge in [-0.3, -0.25) is 9.59 Å². The first-order chi connectivity index (χ1) is 10.8. The Morgan fingerprint density at radius 2 is 2.00 bits per heavy atom. The first kappa shape index (κ1) is 18.3. The van der Waals surface area contributed by atoms with E-state index in [4.69, 9.17) is 6.42 Å². The third-order valence-electron chi connectivity index (χ3n) is 2.81. The summed E-state index contributed by atoms with van der Waals surface area (Å²) in [6.07, 6.45) is 1.21. The molecule has 0 aromatic heterocycles. The van der Waals surface area contributed by atoms with Crippen molar-refractivity contribution in [2.75, 3.05) is 18.4 Å². The fourth-order valence-electron chi connectivity index (χ4n) is 1.81. The van der Waals surface area contributed by atoms with E-state index in [0.717, 1.165) is 6.08 Å². The highest BCUT2D eigenvalue weighted by Crippen LogP contribution is 2.19. The second kappa shape index (κ2) is 8.03. The van der Waals surface area contributed by atoms with Crippen LogP contribution in [0.4, 0.5) is 18.9 Å². The van der Waals surface area contributed by atoms with Crippen molar-refractivity contribution in [1.29, 1.82) is 0 Å². The van der Waals surface area contributed by atoms with E-state index >= 15 is 0 Å². The summed E-state index contributed by atoms with van der Waals surface area (Å²) < 4.78 is 37.5. The summed E-state index contributed by atoms with van der Waals surface area (Å²) in [6.45, 7) is 1.44. The van der Waals surface area contributed by atoms with Gasteiger partial charge < -0.3 is 10.2 Å². The first-order valence-electron chi connectivity index (χ1n) is 6.56. The normalized spacial score (nSPS) is 10.5. The Bertz CT molecular complexity index is 633. The molecule has 0 spiro atoms. The van der Waals surface area contributed by atoms with Crippen molar-refractivity contribution >= 4 is 17.5 Å². The van der Waals surface area contributed by atoms with Gasteiger partial charge in [0.05, 0.1) is 13.0 Å². The van der Waals surface area contributed by atoms with Crippen LogP contribution in [0.2, 0.25) is 0 Å². The molecule has 0 heterocycles.